The number of aliphatic hydroxyl groups is 1. The Morgan fingerprint density at radius 1 is 1.46 bits per heavy atom. The third-order valence-electron chi connectivity index (χ3n) is 1.93. The summed E-state index contributed by atoms with van der Waals surface area (Å²) in [7, 11) is 0. The molecular weight excluding hydrogens is 170 g/mol. The Hall–Kier alpha value is -0.900. The molecule has 0 rings (SSSR count). The Kier molecular flexibility index (Phi) is 6.14. The van der Waals surface area contributed by atoms with Crippen LogP contribution in [0, 0.1) is 5.92 Å². The third kappa shape index (κ3) is 5.36. The summed E-state index contributed by atoms with van der Waals surface area (Å²) >= 11 is 0. The lowest BCUT2D eigenvalue weighted by Gasteiger charge is -2.10. The monoisotopic (exact) mass is 187 g/mol. The summed E-state index contributed by atoms with van der Waals surface area (Å²) in [5, 5.41) is 10.9. The van der Waals surface area contributed by atoms with Gasteiger partial charge in [0.15, 0.2) is 0 Å². The molecule has 0 aromatic heterocycles. The molecule has 0 aliphatic heterocycles. The topological polar surface area (TPSA) is 66.4 Å². The minimum Gasteiger partial charge on any atom is -0.395 e. The Morgan fingerprint density at radius 3 is 2.46 bits per heavy atom. The van der Waals surface area contributed by atoms with Crippen LogP contribution in [0.3, 0.4) is 0 Å². The number of hydrogen-bond donors (Lipinski definition) is 2. The lowest BCUT2D eigenvalue weighted by atomic mass is 9.98. The third-order valence-corrected chi connectivity index (χ3v) is 1.93. The smallest absolute Gasteiger partial charge is 0.220 e. The molecule has 4 heteroatoms. The van der Waals surface area contributed by atoms with Crippen molar-refractivity contribution in [3.05, 3.63) is 0 Å². The van der Waals surface area contributed by atoms with Gasteiger partial charge < -0.3 is 10.4 Å². The number of amides is 1. The average molecular weight is 187 g/mol. The van der Waals surface area contributed by atoms with Gasteiger partial charge in [0.05, 0.1) is 6.61 Å². The maximum atomic E-state index is 11.1. The quantitative estimate of drug-likeness (QED) is 0.619. The molecular formula is C9H17NO3. The molecule has 2 N–H and O–H groups in total. The second kappa shape index (κ2) is 6.60. The van der Waals surface area contributed by atoms with Crippen LogP contribution in [0.4, 0.5) is 0 Å². The SMILES string of the molecule is CCC(CC(=O)NCCO)C(C)=O. The van der Waals surface area contributed by atoms with Gasteiger partial charge in [0, 0.05) is 18.9 Å². The maximum Gasteiger partial charge on any atom is 0.220 e. The summed E-state index contributed by atoms with van der Waals surface area (Å²) in [6.45, 7) is 3.56. The van der Waals surface area contributed by atoms with Crippen LogP contribution in [0.1, 0.15) is 26.7 Å². The Labute approximate surface area is 78.3 Å². The Morgan fingerprint density at radius 2 is 2.08 bits per heavy atom. The molecule has 13 heavy (non-hydrogen) atoms. The van der Waals surface area contributed by atoms with Gasteiger partial charge in [0.2, 0.25) is 5.91 Å². The molecule has 0 radical (unpaired) electrons. The zero-order chi connectivity index (χ0) is 10.3. The van der Waals surface area contributed by atoms with E-state index in [0.29, 0.717) is 6.42 Å². The van der Waals surface area contributed by atoms with E-state index in [1.807, 2.05) is 6.92 Å². The van der Waals surface area contributed by atoms with Gasteiger partial charge in [-0.05, 0) is 13.3 Å². The number of carbonyl (C=O) groups is 2. The first kappa shape index (κ1) is 12.1. The van der Waals surface area contributed by atoms with Crippen LogP contribution >= 0.6 is 0 Å². The molecule has 76 valence electrons. The highest BCUT2D eigenvalue weighted by molar-refractivity contribution is 5.85. The maximum absolute atomic E-state index is 11.1. The minimum absolute atomic E-state index is 0.0432. The predicted molar refractivity (Wildman–Crippen MR) is 49.2 cm³/mol. The van der Waals surface area contributed by atoms with Crippen LogP contribution in [0.25, 0.3) is 0 Å². The summed E-state index contributed by atoms with van der Waals surface area (Å²) in [4.78, 5) is 22.1. The van der Waals surface area contributed by atoms with Crippen molar-refractivity contribution in [2.45, 2.75) is 26.7 Å². The molecule has 1 unspecified atom stereocenters. The summed E-state index contributed by atoms with van der Waals surface area (Å²) in [6.07, 6.45) is 0.910. The second-order valence-electron chi connectivity index (χ2n) is 2.99. The van der Waals surface area contributed by atoms with Crippen molar-refractivity contribution in [1.29, 1.82) is 0 Å². The van der Waals surface area contributed by atoms with Crippen LogP contribution in [0.15, 0.2) is 0 Å². The first-order valence-electron chi connectivity index (χ1n) is 4.49. The second-order valence-corrected chi connectivity index (χ2v) is 2.99. The van der Waals surface area contributed by atoms with Gasteiger partial charge in [0.1, 0.15) is 5.78 Å². The van der Waals surface area contributed by atoms with Crippen molar-refractivity contribution < 1.29 is 14.7 Å². The predicted octanol–water partition coefficient (Wildman–Crippen LogP) is 0.100. The van der Waals surface area contributed by atoms with Crippen molar-refractivity contribution in [1.82, 2.24) is 5.32 Å². The number of Topliss-reactive ketones (excluding diaryl/α,β-unsaturated/α-hetero) is 1. The van der Waals surface area contributed by atoms with Gasteiger partial charge in [-0.25, -0.2) is 0 Å². The van der Waals surface area contributed by atoms with Crippen LogP contribution in [-0.2, 0) is 9.59 Å². The van der Waals surface area contributed by atoms with Gasteiger partial charge in [-0.15, -0.1) is 0 Å². The number of carbonyl (C=O) groups excluding carboxylic acids is 2. The van der Waals surface area contributed by atoms with E-state index in [1.54, 1.807) is 0 Å². The molecule has 0 aromatic rings. The number of ketones is 1. The highest BCUT2D eigenvalue weighted by Gasteiger charge is 2.15. The average Bonchev–Trinajstić information content (AvgIpc) is 2.10. The lowest BCUT2D eigenvalue weighted by Crippen LogP contribution is -2.29. The van der Waals surface area contributed by atoms with Crippen LogP contribution in [0.2, 0.25) is 0 Å². The first-order chi connectivity index (χ1) is 6.11. The molecule has 0 fully saturated rings. The highest BCUT2D eigenvalue weighted by Crippen LogP contribution is 2.08. The van der Waals surface area contributed by atoms with Crippen LogP contribution in [0.5, 0.6) is 0 Å². The highest BCUT2D eigenvalue weighted by atomic mass is 16.3. The van der Waals surface area contributed by atoms with Gasteiger partial charge in [-0.1, -0.05) is 6.92 Å². The van der Waals surface area contributed by atoms with E-state index in [1.165, 1.54) is 6.92 Å². The van der Waals surface area contributed by atoms with Crippen molar-refractivity contribution >= 4 is 11.7 Å². The molecule has 1 atom stereocenters. The van der Waals surface area contributed by atoms with Crippen molar-refractivity contribution in [3.63, 3.8) is 0 Å². The zero-order valence-electron chi connectivity index (χ0n) is 8.17. The van der Waals surface area contributed by atoms with Gasteiger partial charge in [-0.3, -0.25) is 9.59 Å². The van der Waals surface area contributed by atoms with E-state index in [4.69, 9.17) is 5.11 Å². The largest absolute Gasteiger partial charge is 0.395 e. The van der Waals surface area contributed by atoms with Gasteiger partial charge in [-0.2, -0.15) is 0 Å². The number of rotatable bonds is 6. The molecule has 0 aliphatic carbocycles. The molecule has 0 saturated carbocycles. The van der Waals surface area contributed by atoms with E-state index in [0.717, 1.165) is 0 Å². The lowest BCUT2D eigenvalue weighted by molar-refractivity contribution is -0.128. The molecule has 0 aromatic carbocycles. The first-order valence-corrected chi connectivity index (χ1v) is 4.49. The summed E-state index contributed by atoms with van der Waals surface area (Å²) in [6, 6.07) is 0. The Balaban J connectivity index is 3.80. The normalized spacial score (nSPS) is 12.2. The van der Waals surface area contributed by atoms with E-state index < -0.39 is 0 Å². The van der Waals surface area contributed by atoms with Crippen molar-refractivity contribution in [2.75, 3.05) is 13.2 Å². The molecule has 0 heterocycles. The van der Waals surface area contributed by atoms with E-state index in [2.05, 4.69) is 5.32 Å². The molecule has 0 saturated heterocycles. The van der Waals surface area contributed by atoms with E-state index >= 15 is 0 Å². The fourth-order valence-electron chi connectivity index (χ4n) is 1.07. The standard InChI is InChI=1S/C9H17NO3/c1-3-8(7(2)12)6-9(13)10-4-5-11/h8,11H,3-6H2,1-2H3,(H,10,13). The number of hydrogen-bond acceptors (Lipinski definition) is 3. The van der Waals surface area contributed by atoms with Gasteiger partial charge >= 0.3 is 0 Å². The van der Waals surface area contributed by atoms with Gasteiger partial charge in [0.25, 0.3) is 0 Å². The van der Waals surface area contributed by atoms with E-state index in [9.17, 15) is 9.59 Å². The van der Waals surface area contributed by atoms with Crippen molar-refractivity contribution in [2.24, 2.45) is 5.92 Å². The molecule has 0 bridgehead atoms. The summed E-state index contributed by atoms with van der Waals surface area (Å²) in [5.41, 5.74) is 0. The molecule has 0 aliphatic rings. The number of aliphatic hydroxyl groups excluding tert-OH is 1. The Bertz CT molecular complexity index is 180. The fourth-order valence-corrected chi connectivity index (χ4v) is 1.07. The summed E-state index contributed by atoms with van der Waals surface area (Å²) in [5.74, 6) is -0.309. The zero-order valence-corrected chi connectivity index (χ0v) is 8.17. The minimum atomic E-state index is -0.182. The molecule has 0 spiro atoms. The van der Waals surface area contributed by atoms with Crippen molar-refractivity contribution in [3.8, 4) is 0 Å². The molecule has 1 amide bonds. The fraction of sp³-hybridized carbons (Fsp3) is 0.778. The van der Waals surface area contributed by atoms with Crippen LogP contribution in [-0.4, -0.2) is 29.9 Å². The van der Waals surface area contributed by atoms with E-state index in [-0.39, 0.29) is 37.2 Å². The number of nitrogens with one attached hydrogen (secondary N) is 1. The molecule has 4 nitrogen and oxygen atoms in total. The summed E-state index contributed by atoms with van der Waals surface area (Å²) < 4.78 is 0. The van der Waals surface area contributed by atoms with Crippen LogP contribution < -0.4 is 5.32 Å².